The van der Waals surface area contributed by atoms with Crippen LogP contribution in [0.2, 0.25) is 0 Å². The fraction of sp³-hybridized carbons (Fsp3) is 0.652. The van der Waals surface area contributed by atoms with Gasteiger partial charge in [0.2, 0.25) is 0 Å². The van der Waals surface area contributed by atoms with Gasteiger partial charge in [-0.1, -0.05) is 23.8 Å². The van der Waals surface area contributed by atoms with Gasteiger partial charge in [0.05, 0.1) is 5.60 Å². The second-order valence-electron chi connectivity index (χ2n) is 10.1. The lowest BCUT2D eigenvalue weighted by Crippen LogP contribution is -2.76. The van der Waals surface area contributed by atoms with E-state index in [0.29, 0.717) is 32.2 Å². The van der Waals surface area contributed by atoms with Crippen LogP contribution in [0.4, 0.5) is 18.0 Å². The van der Waals surface area contributed by atoms with Gasteiger partial charge in [0, 0.05) is 17.9 Å². The number of aryl methyl sites for hydroxylation is 1. The average molecular weight is 451 g/mol. The summed E-state index contributed by atoms with van der Waals surface area (Å²) in [6.07, 6.45) is -3.07. The number of nitrogens with one attached hydrogen (secondary N) is 2. The van der Waals surface area contributed by atoms with Crippen LogP contribution in [-0.4, -0.2) is 58.4 Å². The Hall–Kier alpha value is -2.13. The molecule has 6 nitrogen and oxygen atoms in total. The Labute approximate surface area is 184 Å². The van der Waals surface area contributed by atoms with Crippen LogP contribution in [0.1, 0.15) is 55.2 Å². The zero-order valence-corrected chi connectivity index (χ0v) is 18.0. The Balaban J connectivity index is 1.54. The quantitative estimate of drug-likeness (QED) is 0.618. The number of urea groups is 1. The summed E-state index contributed by atoms with van der Waals surface area (Å²) in [6, 6.07) is 5.28. The minimum absolute atomic E-state index is 0.00770. The Morgan fingerprint density at radius 3 is 2.69 bits per heavy atom. The molecule has 9 heteroatoms. The van der Waals surface area contributed by atoms with Crippen LogP contribution in [0, 0.1) is 6.92 Å². The number of likely N-dealkylation sites (tertiary alicyclic amines) is 1. The standard InChI is InChI=1S/C23H28F3N3O3/c1-14-3-4-15-12-17-22(32)7-6-21(18(30)27-19(31)28-21)13-20(22,16(15)11-14)8-10-29(17)9-2-5-23(24,25)26/h3-4,11,17,32H,2,5-10,12-13H2,1H3,(H2,27,28,30,31)/t17-,20-,21+,22-/m1/s1. The topological polar surface area (TPSA) is 81.7 Å². The molecule has 1 spiro atoms. The third kappa shape index (κ3) is 3.08. The van der Waals surface area contributed by atoms with E-state index in [2.05, 4.69) is 16.7 Å². The maximum Gasteiger partial charge on any atom is 0.389 e. The highest BCUT2D eigenvalue weighted by molar-refractivity contribution is 6.07. The molecule has 3 fully saturated rings. The molecule has 174 valence electrons. The number of imide groups is 1. The lowest BCUT2D eigenvalue weighted by Gasteiger charge is -2.65. The summed E-state index contributed by atoms with van der Waals surface area (Å²) in [7, 11) is 0. The van der Waals surface area contributed by atoms with Gasteiger partial charge in [-0.15, -0.1) is 0 Å². The van der Waals surface area contributed by atoms with Gasteiger partial charge in [-0.3, -0.25) is 15.0 Å². The molecule has 3 amide bonds. The Bertz CT molecular complexity index is 983. The first-order valence-corrected chi connectivity index (χ1v) is 11.2. The van der Waals surface area contributed by atoms with Gasteiger partial charge in [0.25, 0.3) is 5.91 Å². The summed E-state index contributed by atoms with van der Waals surface area (Å²) >= 11 is 0. The highest BCUT2D eigenvalue weighted by atomic mass is 19.4. The first-order chi connectivity index (χ1) is 15.0. The Morgan fingerprint density at radius 1 is 1.22 bits per heavy atom. The van der Waals surface area contributed by atoms with E-state index in [4.69, 9.17) is 0 Å². The molecule has 2 aliphatic carbocycles. The zero-order chi connectivity index (χ0) is 22.9. The summed E-state index contributed by atoms with van der Waals surface area (Å²) in [4.78, 5) is 26.8. The molecule has 1 aromatic rings. The second-order valence-corrected chi connectivity index (χ2v) is 10.1. The lowest BCUT2D eigenvalue weighted by atomic mass is 9.46. The fourth-order valence-electron chi connectivity index (χ4n) is 6.84. The van der Waals surface area contributed by atoms with Crippen LogP contribution < -0.4 is 10.6 Å². The van der Waals surface area contributed by atoms with Crippen LogP contribution >= 0.6 is 0 Å². The zero-order valence-electron chi connectivity index (χ0n) is 18.0. The highest BCUT2D eigenvalue weighted by Crippen LogP contribution is 2.60. The molecular weight excluding hydrogens is 423 g/mol. The number of nitrogens with zero attached hydrogens (tertiary/aromatic N) is 1. The SMILES string of the molecule is Cc1ccc2c(c1)[C@]13CCN(CCCC(F)(F)F)[C@H](C2)[C@]1(O)CC[C@@]1(C3)NC(=O)NC1=O. The molecule has 2 saturated heterocycles. The largest absolute Gasteiger partial charge is 0.389 e. The number of piperidine rings is 1. The molecule has 4 atom stereocenters. The number of hydrogen-bond donors (Lipinski definition) is 3. The van der Waals surface area contributed by atoms with E-state index >= 15 is 0 Å². The molecule has 1 aromatic carbocycles. The van der Waals surface area contributed by atoms with Crippen molar-refractivity contribution in [2.45, 2.75) is 80.6 Å². The van der Waals surface area contributed by atoms with Gasteiger partial charge < -0.3 is 10.4 Å². The van der Waals surface area contributed by atoms with E-state index in [9.17, 15) is 27.9 Å². The lowest BCUT2D eigenvalue weighted by molar-refractivity contribution is -0.181. The number of carbonyl (C=O) groups excluding carboxylic acids is 2. The predicted octanol–water partition coefficient (Wildman–Crippen LogP) is 2.70. The number of rotatable bonds is 3. The monoisotopic (exact) mass is 451 g/mol. The minimum atomic E-state index is -4.20. The molecule has 0 aromatic heterocycles. The summed E-state index contributed by atoms with van der Waals surface area (Å²) in [5.74, 6) is -0.358. The number of amides is 3. The maximum absolute atomic E-state index is 12.8. The van der Waals surface area contributed by atoms with Gasteiger partial charge in [-0.2, -0.15) is 13.2 Å². The molecule has 1 saturated carbocycles. The van der Waals surface area contributed by atoms with Gasteiger partial charge in [0.1, 0.15) is 5.54 Å². The average Bonchev–Trinajstić information content (AvgIpc) is 2.96. The molecule has 2 heterocycles. The highest BCUT2D eigenvalue weighted by Gasteiger charge is 2.69. The van der Waals surface area contributed by atoms with Gasteiger partial charge in [-0.05, 0) is 69.7 Å². The predicted molar refractivity (Wildman–Crippen MR) is 110 cm³/mol. The first-order valence-electron chi connectivity index (χ1n) is 11.2. The van der Waals surface area contributed by atoms with Crippen LogP contribution in [0.15, 0.2) is 18.2 Å². The number of halogens is 3. The van der Waals surface area contributed by atoms with Crippen molar-refractivity contribution in [1.29, 1.82) is 0 Å². The molecule has 0 radical (unpaired) electrons. The first kappa shape index (κ1) is 21.7. The number of alkyl halides is 3. The van der Waals surface area contributed by atoms with E-state index in [-0.39, 0.29) is 31.3 Å². The van der Waals surface area contributed by atoms with Crippen LogP contribution in [0.25, 0.3) is 0 Å². The number of hydrogen-bond acceptors (Lipinski definition) is 4. The van der Waals surface area contributed by atoms with Crippen molar-refractivity contribution in [1.82, 2.24) is 15.5 Å². The normalized spacial score (nSPS) is 36.5. The van der Waals surface area contributed by atoms with Crippen molar-refractivity contribution in [3.63, 3.8) is 0 Å². The molecule has 32 heavy (non-hydrogen) atoms. The van der Waals surface area contributed by atoms with E-state index in [0.717, 1.165) is 16.7 Å². The molecule has 4 aliphatic rings. The second kappa shape index (κ2) is 6.93. The summed E-state index contributed by atoms with van der Waals surface area (Å²) in [6.45, 7) is 2.80. The number of carbonyl (C=O) groups is 2. The van der Waals surface area contributed by atoms with Crippen LogP contribution in [0.3, 0.4) is 0 Å². The molecule has 3 N–H and O–H groups in total. The number of fused-ring (bicyclic) bond motifs is 1. The fourth-order valence-corrected chi connectivity index (χ4v) is 6.84. The third-order valence-electron chi connectivity index (χ3n) is 8.30. The van der Waals surface area contributed by atoms with Crippen LogP contribution in [0.5, 0.6) is 0 Å². The van der Waals surface area contributed by atoms with E-state index in [1.165, 1.54) is 0 Å². The molecule has 2 aliphatic heterocycles. The van der Waals surface area contributed by atoms with Crippen molar-refractivity contribution in [2.75, 3.05) is 13.1 Å². The van der Waals surface area contributed by atoms with Gasteiger partial charge >= 0.3 is 12.2 Å². The molecule has 2 bridgehead atoms. The third-order valence-corrected chi connectivity index (χ3v) is 8.30. The van der Waals surface area contributed by atoms with Crippen molar-refractivity contribution in [2.24, 2.45) is 0 Å². The van der Waals surface area contributed by atoms with Crippen LogP contribution in [-0.2, 0) is 16.6 Å². The Kier molecular flexibility index (Phi) is 4.70. The van der Waals surface area contributed by atoms with E-state index in [1.54, 1.807) is 0 Å². The molecular formula is C23H28F3N3O3. The molecule has 0 unspecified atom stereocenters. The summed E-state index contributed by atoms with van der Waals surface area (Å²) in [5, 5.41) is 17.4. The maximum atomic E-state index is 12.8. The minimum Gasteiger partial charge on any atom is -0.387 e. The number of aliphatic hydroxyl groups is 1. The van der Waals surface area contributed by atoms with E-state index < -0.39 is 35.2 Å². The van der Waals surface area contributed by atoms with Crippen molar-refractivity contribution >= 4 is 11.9 Å². The summed E-state index contributed by atoms with van der Waals surface area (Å²) in [5.41, 5.74) is 0.136. The van der Waals surface area contributed by atoms with E-state index in [1.807, 2.05) is 24.0 Å². The van der Waals surface area contributed by atoms with Crippen molar-refractivity contribution < 1.29 is 27.9 Å². The molecule has 5 rings (SSSR count). The number of benzene rings is 1. The van der Waals surface area contributed by atoms with Gasteiger partial charge in [0.15, 0.2) is 0 Å². The summed E-state index contributed by atoms with van der Waals surface area (Å²) < 4.78 is 38.2. The smallest absolute Gasteiger partial charge is 0.387 e. The Morgan fingerprint density at radius 2 is 2.00 bits per heavy atom. The van der Waals surface area contributed by atoms with Gasteiger partial charge in [-0.25, -0.2) is 4.79 Å². The van der Waals surface area contributed by atoms with Crippen molar-refractivity contribution in [3.8, 4) is 0 Å². The van der Waals surface area contributed by atoms with Crippen molar-refractivity contribution in [3.05, 3.63) is 34.9 Å².